The summed E-state index contributed by atoms with van der Waals surface area (Å²) in [4.78, 5) is 41.4. The summed E-state index contributed by atoms with van der Waals surface area (Å²) < 4.78 is 139. The minimum atomic E-state index is -4.92. The largest absolute Gasteiger partial charge is 0.748 e. The lowest BCUT2D eigenvalue weighted by molar-refractivity contribution is -0.442. The molecule has 0 aliphatic carbocycles. The fraction of sp³-hybridized carbons (Fsp3) is 0.535. The molecule has 67 heavy (non-hydrogen) atoms. The number of nitrogens with zero attached hydrogens (tertiary/aromatic N) is 3. The molecule has 2 atom stereocenters. The molecule has 0 spiro atoms. The Hall–Kier alpha value is -4.47. The molecule has 2 unspecified atom stereocenters. The number of imide groups is 1. The van der Waals surface area contributed by atoms with E-state index in [1.165, 1.54) is 50.6 Å². The van der Waals surface area contributed by atoms with Gasteiger partial charge in [-0.25, -0.2) is 30.0 Å². The number of rotatable bonds is 27. The Morgan fingerprint density at radius 2 is 1.34 bits per heavy atom. The summed E-state index contributed by atoms with van der Waals surface area (Å²) in [6.07, 6.45) is 5.29. The summed E-state index contributed by atoms with van der Waals surface area (Å²) in [6, 6.07) is 8.06. The van der Waals surface area contributed by atoms with Crippen LogP contribution in [0.25, 0.3) is 0 Å². The van der Waals surface area contributed by atoms with Crippen LogP contribution >= 0.6 is 0 Å². The summed E-state index contributed by atoms with van der Waals surface area (Å²) in [6.45, 7) is 5.28. The average molecular weight is 998 g/mol. The molecule has 24 heteroatoms. The van der Waals surface area contributed by atoms with Gasteiger partial charge in [0, 0.05) is 80.5 Å². The predicted molar refractivity (Wildman–Crippen MR) is 234 cm³/mol. The summed E-state index contributed by atoms with van der Waals surface area (Å²) in [5, 5.41) is 0.458. The third-order valence-electron chi connectivity index (χ3n) is 11.8. The Morgan fingerprint density at radius 3 is 1.97 bits per heavy atom. The van der Waals surface area contributed by atoms with Crippen molar-refractivity contribution < 1.29 is 86.4 Å². The van der Waals surface area contributed by atoms with Gasteiger partial charge >= 0.3 is 5.97 Å². The van der Waals surface area contributed by atoms with Gasteiger partial charge in [0.25, 0.3) is 11.8 Å². The molecular weight excluding hydrogens is 943 g/mol. The Morgan fingerprint density at radius 1 is 0.746 bits per heavy atom. The number of anilines is 1. The van der Waals surface area contributed by atoms with Crippen molar-refractivity contribution in [2.24, 2.45) is 0 Å². The van der Waals surface area contributed by atoms with Crippen molar-refractivity contribution in [2.45, 2.75) is 73.0 Å². The van der Waals surface area contributed by atoms with E-state index in [2.05, 4.69) is 0 Å². The highest BCUT2D eigenvalue weighted by atomic mass is 32.2. The average Bonchev–Trinajstić information content (AvgIpc) is 3.78. The Balaban J connectivity index is 1.47. The number of hydrogen-bond donors (Lipinski definition) is 0. The predicted octanol–water partition coefficient (Wildman–Crippen LogP) is 2.12. The van der Waals surface area contributed by atoms with Gasteiger partial charge in [0.05, 0.1) is 71.4 Å². The van der Waals surface area contributed by atoms with Crippen LogP contribution in [0.2, 0.25) is 0 Å². The van der Waals surface area contributed by atoms with Gasteiger partial charge in [0.15, 0.2) is 12.3 Å². The second kappa shape index (κ2) is 22.8. The molecule has 21 nitrogen and oxygen atoms in total. The molecule has 0 radical (unpaired) electrons. The van der Waals surface area contributed by atoms with E-state index in [9.17, 15) is 53.3 Å². The van der Waals surface area contributed by atoms with Crippen LogP contribution in [0.3, 0.4) is 0 Å². The number of ether oxygens (including phenoxy) is 5. The third-order valence-corrected chi connectivity index (χ3v) is 14.2. The van der Waals surface area contributed by atoms with E-state index in [1.807, 2.05) is 16.4 Å². The first-order valence-corrected chi connectivity index (χ1v) is 25.7. The summed E-state index contributed by atoms with van der Waals surface area (Å²) in [5.74, 6) is -2.70. The van der Waals surface area contributed by atoms with Gasteiger partial charge in [0.1, 0.15) is 26.8 Å². The minimum Gasteiger partial charge on any atom is -0.748 e. The quantitative estimate of drug-likeness (QED) is 0.0536. The molecular formula is C43H55N3O18S3-2. The first-order valence-electron chi connectivity index (χ1n) is 21.3. The number of benzene rings is 2. The molecule has 0 bridgehead atoms. The van der Waals surface area contributed by atoms with E-state index >= 15 is 0 Å². The molecule has 1 fully saturated rings. The van der Waals surface area contributed by atoms with Crippen molar-refractivity contribution >= 4 is 65.2 Å². The van der Waals surface area contributed by atoms with Crippen LogP contribution in [-0.2, 0) is 84.1 Å². The van der Waals surface area contributed by atoms with E-state index in [0.717, 1.165) is 0 Å². The molecule has 0 aromatic heterocycles. The normalized spacial score (nSPS) is 20.5. The second-order valence-electron chi connectivity index (χ2n) is 16.3. The standard InChI is InChI=1S/C43H57N3O18S3/c1-42(16-6-28-65(50,51)52)33-29-31(66(53,54)55)9-11-35(33)44(18-22-62-25-24-60-4)37(42)7-5-8-38-43(2,17-21-59-3)34-30-32(67(56,57)58)10-12-36(34)45(38)19-23-63-27-26-61-20-15-41(49)64-46-39(47)13-14-40(46)48/h5,7-12,29-30H,6,13-28H2,1-4H3,(H2-,50,51,52,53,54,55,56,57,58)/p-2. The van der Waals surface area contributed by atoms with Gasteiger partial charge in [-0.2, -0.15) is 4.58 Å². The molecule has 1 saturated heterocycles. The maximum atomic E-state index is 12.3. The Kier molecular flexibility index (Phi) is 18.2. The number of methoxy groups -OCH3 is 2. The highest BCUT2D eigenvalue weighted by Crippen LogP contribution is 2.51. The fourth-order valence-corrected chi connectivity index (χ4v) is 9.85. The lowest BCUT2D eigenvalue weighted by Crippen LogP contribution is -2.33. The molecule has 2 aromatic carbocycles. The zero-order valence-corrected chi connectivity index (χ0v) is 40.1. The Bertz CT molecular complexity index is 2580. The van der Waals surface area contributed by atoms with Gasteiger partial charge in [-0.05, 0) is 75.1 Å². The molecule has 0 saturated carbocycles. The van der Waals surface area contributed by atoms with E-state index < -0.39 is 74.5 Å². The summed E-state index contributed by atoms with van der Waals surface area (Å²) >= 11 is 0. The summed E-state index contributed by atoms with van der Waals surface area (Å²) in [7, 11) is -11.4. The number of amides is 2. The topological polar surface area (TPSA) is 288 Å². The molecule has 3 heterocycles. The monoisotopic (exact) mass is 997 g/mol. The maximum absolute atomic E-state index is 12.3. The van der Waals surface area contributed by atoms with Crippen molar-refractivity contribution in [3.05, 3.63) is 71.5 Å². The highest BCUT2D eigenvalue weighted by Gasteiger charge is 2.48. The smallest absolute Gasteiger partial charge is 0.335 e. The second-order valence-corrected chi connectivity index (χ2v) is 20.5. The number of allylic oxidation sites excluding steroid dienone is 4. The molecule has 3 aliphatic rings. The van der Waals surface area contributed by atoms with Crippen LogP contribution in [0.15, 0.2) is 70.1 Å². The van der Waals surface area contributed by atoms with Crippen LogP contribution in [0.5, 0.6) is 0 Å². The van der Waals surface area contributed by atoms with Gasteiger partial charge in [-0.3, -0.25) is 9.59 Å². The van der Waals surface area contributed by atoms with E-state index in [4.69, 9.17) is 28.5 Å². The first kappa shape index (κ1) is 53.5. The van der Waals surface area contributed by atoms with E-state index in [-0.39, 0.29) is 91.4 Å². The van der Waals surface area contributed by atoms with Crippen molar-refractivity contribution in [2.75, 3.05) is 90.8 Å². The van der Waals surface area contributed by atoms with Crippen molar-refractivity contribution in [1.82, 2.24) is 5.06 Å². The molecule has 5 rings (SSSR count). The highest BCUT2D eigenvalue weighted by molar-refractivity contribution is 7.86. The SMILES string of the molecule is COCCOCC[N+]1=C(/C=C/C=C2/N(CCOCCOCCC(=O)ON3C(=O)CCC3=O)c3ccc(S(=O)(=O)[O-])cc3C2(C)CCOC)C(C)(CCCS(=O)(=O)[O-])c2cc(S(=O)(=O)[O-])ccc21. The van der Waals surface area contributed by atoms with Gasteiger partial charge in [-0.15, -0.1) is 5.06 Å². The van der Waals surface area contributed by atoms with Crippen molar-refractivity contribution in [3.8, 4) is 0 Å². The number of carbonyl (C=O) groups is 3. The van der Waals surface area contributed by atoms with Crippen LogP contribution < -0.4 is 4.90 Å². The lowest BCUT2D eigenvalue weighted by atomic mass is 9.75. The van der Waals surface area contributed by atoms with Gasteiger partial charge in [0.2, 0.25) is 5.69 Å². The van der Waals surface area contributed by atoms with E-state index in [0.29, 0.717) is 52.0 Å². The molecule has 370 valence electrons. The summed E-state index contributed by atoms with van der Waals surface area (Å²) in [5.41, 5.74) is 1.18. The number of fused-ring (bicyclic) bond motifs is 2. The minimum absolute atomic E-state index is 0.0303. The number of carbonyl (C=O) groups excluding carboxylic acids is 3. The fourth-order valence-electron chi connectivity index (χ4n) is 8.36. The van der Waals surface area contributed by atoms with Crippen LogP contribution in [0.1, 0.15) is 63.5 Å². The molecule has 2 aromatic rings. The van der Waals surface area contributed by atoms with Crippen molar-refractivity contribution in [1.29, 1.82) is 0 Å². The Labute approximate surface area is 390 Å². The maximum Gasteiger partial charge on any atom is 0.335 e. The number of hydrogen-bond acceptors (Lipinski definition) is 19. The van der Waals surface area contributed by atoms with E-state index in [1.54, 1.807) is 25.2 Å². The third kappa shape index (κ3) is 13.4. The van der Waals surface area contributed by atoms with Gasteiger partial charge < -0.3 is 47.1 Å². The zero-order chi connectivity index (χ0) is 49.2. The van der Waals surface area contributed by atoms with Gasteiger partial charge in [-0.1, -0.05) is 6.08 Å². The molecule has 3 aliphatic heterocycles. The first-order chi connectivity index (χ1) is 31.5. The van der Waals surface area contributed by atoms with Crippen LogP contribution in [0, 0.1) is 0 Å². The zero-order valence-electron chi connectivity index (χ0n) is 37.6. The number of hydroxylamine groups is 2. The van der Waals surface area contributed by atoms with Crippen LogP contribution in [-0.4, -0.2) is 158 Å². The lowest BCUT2D eigenvalue weighted by Gasteiger charge is -2.30. The molecule has 0 N–H and O–H groups in total. The molecule has 2 amide bonds. The van der Waals surface area contributed by atoms with Crippen molar-refractivity contribution in [3.63, 3.8) is 0 Å². The van der Waals surface area contributed by atoms with Crippen LogP contribution in [0.4, 0.5) is 11.4 Å².